The summed E-state index contributed by atoms with van der Waals surface area (Å²) in [7, 11) is 0. The zero-order chi connectivity index (χ0) is 11.1. The Morgan fingerprint density at radius 1 is 1.60 bits per heavy atom. The maximum atomic E-state index is 11.2. The van der Waals surface area contributed by atoms with Crippen LogP contribution in [-0.2, 0) is 4.74 Å². The summed E-state index contributed by atoms with van der Waals surface area (Å²) in [5.74, 6) is 0. The third-order valence-electron chi connectivity index (χ3n) is 1.68. The number of carbonyl (C=O) groups excluding carboxylic acids is 1. The maximum absolute atomic E-state index is 11.2. The fourth-order valence-corrected chi connectivity index (χ4v) is 1.31. The van der Waals surface area contributed by atoms with E-state index in [0.29, 0.717) is 12.3 Å². The molecule has 1 N–H and O–H groups in total. The van der Waals surface area contributed by atoms with Crippen LogP contribution < -0.4 is 5.32 Å². The summed E-state index contributed by atoms with van der Waals surface area (Å²) in [6.07, 6.45) is 4.65. The summed E-state index contributed by atoms with van der Waals surface area (Å²) in [5.41, 5.74) is 0.617. The van der Waals surface area contributed by atoms with Crippen LogP contribution in [0.25, 0.3) is 0 Å². The predicted molar refractivity (Wildman–Crippen MR) is 61.8 cm³/mol. The van der Waals surface area contributed by atoms with E-state index < -0.39 is 6.09 Å². The highest BCUT2D eigenvalue weighted by atomic mass is 79.9. The minimum absolute atomic E-state index is 0.441. The Kier molecular flexibility index (Phi) is 5.10. The van der Waals surface area contributed by atoms with Crippen molar-refractivity contribution < 1.29 is 9.53 Å². The molecule has 0 aliphatic rings. The molecule has 0 saturated heterocycles. The number of carbonyl (C=O) groups is 1. The van der Waals surface area contributed by atoms with Gasteiger partial charge in [0.2, 0.25) is 0 Å². The first-order valence-corrected chi connectivity index (χ1v) is 5.56. The lowest BCUT2D eigenvalue weighted by Crippen LogP contribution is -2.14. The Hall–Kier alpha value is -1.10. The van der Waals surface area contributed by atoms with Gasteiger partial charge in [-0.25, -0.2) is 4.79 Å². The molecule has 0 aliphatic heterocycles. The van der Waals surface area contributed by atoms with E-state index in [4.69, 9.17) is 4.74 Å². The molecule has 1 aromatic heterocycles. The summed E-state index contributed by atoms with van der Waals surface area (Å²) < 4.78 is 5.75. The zero-order valence-electron chi connectivity index (χ0n) is 8.50. The molecule has 0 fully saturated rings. The van der Waals surface area contributed by atoms with Crippen LogP contribution in [0.4, 0.5) is 10.5 Å². The molecule has 5 heteroatoms. The third kappa shape index (κ3) is 4.78. The Bertz CT molecular complexity index is 331. The number of amides is 1. The summed E-state index contributed by atoms with van der Waals surface area (Å²) >= 11 is 3.26. The first kappa shape index (κ1) is 12.0. The van der Waals surface area contributed by atoms with Crippen LogP contribution in [0.5, 0.6) is 0 Å². The van der Waals surface area contributed by atoms with Crippen molar-refractivity contribution >= 4 is 27.7 Å². The number of nitrogens with zero attached hydrogens (tertiary/aromatic N) is 1. The van der Waals surface area contributed by atoms with E-state index in [1.807, 2.05) is 6.92 Å². The van der Waals surface area contributed by atoms with Crippen LogP contribution in [0.2, 0.25) is 0 Å². The smallest absolute Gasteiger partial charge is 0.411 e. The fraction of sp³-hybridized carbons (Fsp3) is 0.400. The molecule has 82 valence electrons. The van der Waals surface area contributed by atoms with Gasteiger partial charge in [-0.05, 0) is 28.4 Å². The van der Waals surface area contributed by atoms with Crippen LogP contribution >= 0.6 is 15.9 Å². The number of hydrogen-bond donors (Lipinski definition) is 1. The lowest BCUT2D eigenvalue weighted by molar-refractivity contribution is 0.160. The van der Waals surface area contributed by atoms with E-state index in [2.05, 4.69) is 26.2 Å². The van der Waals surface area contributed by atoms with Gasteiger partial charge in [-0.1, -0.05) is 13.3 Å². The molecule has 15 heavy (non-hydrogen) atoms. The SMILES string of the molecule is CCCCOC(=O)Nc1cncc(Br)c1. The normalized spacial score (nSPS) is 9.73. The van der Waals surface area contributed by atoms with Gasteiger partial charge < -0.3 is 4.74 Å². The second-order valence-electron chi connectivity index (χ2n) is 3.01. The predicted octanol–water partition coefficient (Wildman–Crippen LogP) is 3.19. The van der Waals surface area contributed by atoms with Gasteiger partial charge in [0.25, 0.3) is 0 Å². The second-order valence-corrected chi connectivity index (χ2v) is 3.92. The van der Waals surface area contributed by atoms with Gasteiger partial charge in [0.1, 0.15) is 0 Å². The van der Waals surface area contributed by atoms with E-state index in [0.717, 1.165) is 17.3 Å². The van der Waals surface area contributed by atoms with Crippen molar-refractivity contribution in [3.8, 4) is 0 Å². The number of anilines is 1. The molecular weight excluding hydrogens is 260 g/mol. The quantitative estimate of drug-likeness (QED) is 0.857. The molecule has 0 atom stereocenters. The molecule has 0 aromatic carbocycles. The maximum Gasteiger partial charge on any atom is 0.411 e. The van der Waals surface area contributed by atoms with Gasteiger partial charge in [-0.2, -0.15) is 0 Å². The number of pyridine rings is 1. The van der Waals surface area contributed by atoms with Gasteiger partial charge in [0.15, 0.2) is 0 Å². The Morgan fingerprint density at radius 2 is 2.40 bits per heavy atom. The zero-order valence-corrected chi connectivity index (χ0v) is 10.1. The Balaban J connectivity index is 2.37. The van der Waals surface area contributed by atoms with Gasteiger partial charge >= 0.3 is 6.09 Å². The molecule has 4 nitrogen and oxygen atoms in total. The van der Waals surface area contributed by atoms with E-state index in [-0.39, 0.29) is 0 Å². The molecule has 0 spiro atoms. The number of halogens is 1. The lowest BCUT2D eigenvalue weighted by Gasteiger charge is -2.05. The lowest BCUT2D eigenvalue weighted by atomic mass is 10.4. The average Bonchev–Trinajstić information content (AvgIpc) is 2.18. The fourth-order valence-electron chi connectivity index (χ4n) is 0.943. The molecule has 1 aromatic rings. The average molecular weight is 273 g/mol. The molecule has 1 heterocycles. The highest BCUT2D eigenvalue weighted by Crippen LogP contribution is 2.13. The summed E-state index contributed by atoms with van der Waals surface area (Å²) in [6.45, 7) is 2.49. The molecule has 0 saturated carbocycles. The van der Waals surface area contributed by atoms with Crippen LogP contribution in [0.15, 0.2) is 22.9 Å². The van der Waals surface area contributed by atoms with E-state index in [9.17, 15) is 4.79 Å². The number of nitrogens with one attached hydrogen (secondary N) is 1. The monoisotopic (exact) mass is 272 g/mol. The number of ether oxygens (including phenoxy) is 1. The number of rotatable bonds is 4. The Morgan fingerprint density at radius 3 is 3.07 bits per heavy atom. The molecule has 0 unspecified atom stereocenters. The van der Waals surface area contributed by atoms with Crippen molar-refractivity contribution in [2.75, 3.05) is 11.9 Å². The van der Waals surface area contributed by atoms with Gasteiger partial charge in [0.05, 0.1) is 18.5 Å². The summed E-state index contributed by atoms with van der Waals surface area (Å²) in [4.78, 5) is 15.1. The van der Waals surface area contributed by atoms with Crippen molar-refractivity contribution in [3.63, 3.8) is 0 Å². The largest absolute Gasteiger partial charge is 0.449 e. The highest BCUT2D eigenvalue weighted by Gasteiger charge is 2.02. The summed E-state index contributed by atoms with van der Waals surface area (Å²) in [5, 5.41) is 2.59. The van der Waals surface area contributed by atoms with Crippen molar-refractivity contribution in [3.05, 3.63) is 22.9 Å². The number of aromatic nitrogens is 1. The minimum Gasteiger partial charge on any atom is -0.449 e. The number of unbranched alkanes of at least 4 members (excludes halogenated alkanes) is 1. The molecular formula is C10H13BrN2O2. The van der Waals surface area contributed by atoms with Crippen LogP contribution in [0.1, 0.15) is 19.8 Å². The van der Waals surface area contributed by atoms with E-state index >= 15 is 0 Å². The van der Waals surface area contributed by atoms with E-state index in [1.165, 1.54) is 0 Å². The van der Waals surface area contributed by atoms with E-state index in [1.54, 1.807) is 18.5 Å². The first-order chi connectivity index (χ1) is 7.22. The van der Waals surface area contributed by atoms with Crippen molar-refractivity contribution in [2.45, 2.75) is 19.8 Å². The van der Waals surface area contributed by atoms with Crippen molar-refractivity contribution in [1.82, 2.24) is 4.98 Å². The molecule has 0 aliphatic carbocycles. The topological polar surface area (TPSA) is 51.2 Å². The van der Waals surface area contributed by atoms with Gasteiger partial charge in [-0.15, -0.1) is 0 Å². The van der Waals surface area contributed by atoms with Crippen LogP contribution in [0.3, 0.4) is 0 Å². The van der Waals surface area contributed by atoms with Crippen LogP contribution in [-0.4, -0.2) is 17.7 Å². The first-order valence-electron chi connectivity index (χ1n) is 4.76. The molecule has 0 bridgehead atoms. The van der Waals surface area contributed by atoms with Crippen LogP contribution in [0, 0.1) is 0 Å². The summed E-state index contributed by atoms with van der Waals surface area (Å²) in [6, 6.07) is 1.76. The van der Waals surface area contributed by atoms with Gasteiger partial charge in [-0.3, -0.25) is 10.3 Å². The standard InChI is InChI=1S/C10H13BrN2O2/c1-2-3-4-15-10(14)13-9-5-8(11)6-12-7-9/h5-7H,2-4H2,1H3,(H,13,14). The third-order valence-corrected chi connectivity index (χ3v) is 2.12. The minimum atomic E-state index is -0.441. The van der Waals surface area contributed by atoms with Gasteiger partial charge in [0, 0.05) is 10.7 Å². The van der Waals surface area contributed by atoms with Crippen molar-refractivity contribution in [1.29, 1.82) is 0 Å². The number of hydrogen-bond acceptors (Lipinski definition) is 3. The molecule has 1 rings (SSSR count). The Labute approximate surface area is 97.2 Å². The van der Waals surface area contributed by atoms with Crippen molar-refractivity contribution in [2.24, 2.45) is 0 Å². The second kappa shape index (κ2) is 6.40. The molecule has 1 amide bonds. The highest BCUT2D eigenvalue weighted by molar-refractivity contribution is 9.10. The molecule has 0 radical (unpaired) electrons.